The Hall–Kier alpha value is -2.76. The average Bonchev–Trinajstić information content (AvgIpc) is 3.15. The van der Waals surface area contributed by atoms with E-state index in [1.165, 1.54) is 0 Å². The molecule has 0 radical (unpaired) electrons. The molecule has 3 rings (SSSR count). The number of anilines is 1. The minimum absolute atomic E-state index is 0.226. The molecule has 0 fully saturated rings. The maximum atomic E-state index is 12.2. The zero-order valence-electron chi connectivity index (χ0n) is 12.0. The van der Waals surface area contributed by atoms with Crippen LogP contribution in [0, 0.1) is 13.8 Å². The lowest BCUT2D eigenvalue weighted by Gasteiger charge is -2.03. The van der Waals surface area contributed by atoms with Gasteiger partial charge >= 0.3 is 0 Å². The number of hydrogen-bond donors (Lipinski definition) is 1. The van der Waals surface area contributed by atoms with Gasteiger partial charge in [0.25, 0.3) is 5.91 Å². The zero-order valence-corrected chi connectivity index (χ0v) is 12.0. The molecule has 6 nitrogen and oxygen atoms in total. The summed E-state index contributed by atoms with van der Waals surface area (Å²) in [6.45, 7) is 3.74. The predicted octanol–water partition coefficient (Wildman–Crippen LogP) is 3.14. The third-order valence-electron chi connectivity index (χ3n) is 3.34. The van der Waals surface area contributed by atoms with Gasteiger partial charge in [0, 0.05) is 7.05 Å². The van der Waals surface area contributed by atoms with E-state index in [0.717, 1.165) is 11.4 Å². The molecule has 6 heteroatoms. The van der Waals surface area contributed by atoms with Crippen LogP contribution in [-0.2, 0) is 7.05 Å². The number of nitrogens with one attached hydrogen (secondary N) is 1. The maximum Gasteiger partial charge on any atom is 0.291 e. The molecule has 21 heavy (non-hydrogen) atoms. The van der Waals surface area contributed by atoms with Crippen LogP contribution in [0.15, 0.2) is 39.4 Å². The molecule has 0 saturated heterocycles. The Balaban J connectivity index is 1.83. The fraction of sp³-hybridized carbons (Fsp3) is 0.200. The summed E-state index contributed by atoms with van der Waals surface area (Å²) in [4.78, 5) is 12.2. The molecular weight excluding hydrogens is 270 g/mol. The summed E-state index contributed by atoms with van der Waals surface area (Å²) in [5.41, 5.74) is 2.36. The molecule has 0 atom stereocenters. The first-order valence-electron chi connectivity index (χ1n) is 6.51. The molecule has 3 aromatic rings. The standard InChI is InChI=1S/C15H15N3O3/c1-9-14(10(2)18(3)17-9)16-15(19)13-7-6-12(21-13)11-5-4-8-20-11/h4-8H,1-3H3,(H,16,19). The van der Waals surface area contributed by atoms with Crippen molar-refractivity contribution in [2.75, 3.05) is 5.32 Å². The summed E-state index contributed by atoms with van der Waals surface area (Å²) >= 11 is 0. The van der Waals surface area contributed by atoms with Crippen LogP contribution in [0.25, 0.3) is 11.5 Å². The fourth-order valence-corrected chi connectivity index (χ4v) is 2.14. The molecule has 0 aliphatic rings. The predicted molar refractivity (Wildman–Crippen MR) is 77.0 cm³/mol. The van der Waals surface area contributed by atoms with Crippen molar-refractivity contribution in [3.05, 3.63) is 47.7 Å². The van der Waals surface area contributed by atoms with Gasteiger partial charge in [-0.1, -0.05) is 0 Å². The van der Waals surface area contributed by atoms with Crippen molar-refractivity contribution in [3.8, 4) is 11.5 Å². The molecule has 1 amide bonds. The lowest BCUT2D eigenvalue weighted by molar-refractivity contribution is 0.0997. The highest BCUT2D eigenvalue weighted by Gasteiger charge is 2.17. The van der Waals surface area contributed by atoms with E-state index < -0.39 is 0 Å². The van der Waals surface area contributed by atoms with Crippen LogP contribution in [0.3, 0.4) is 0 Å². The van der Waals surface area contributed by atoms with E-state index in [-0.39, 0.29) is 11.7 Å². The topological polar surface area (TPSA) is 73.2 Å². The van der Waals surface area contributed by atoms with Crippen LogP contribution in [-0.4, -0.2) is 15.7 Å². The van der Waals surface area contributed by atoms with Gasteiger partial charge in [-0.3, -0.25) is 9.48 Å². The summed E-state index contributed by atoms with van der Waals surface area (Å²) in [6.07, 6.45) is 1.56. The second kappa shape index (κ2) is 4.97. The monoisotopic (exact) mass is 285 g/mol. The van der Waals surface area contributed by atoms with Gasteiger partial charge in [-0.2, -0.15) is 5.10 Å². The van der Waals surface area contributed by atoms with Gasteiger partial charge in [0.1, 0.15) is 0 Å². The summed E-state index contributed by atoms with van der Waals surface area (Å²) in [5, 5.41) is 7.09. The number of carbonyl (C=O) groups excluding carboxylic acids is 1. The van der Waals surface area contributed by atoms with Crippen LogP contribution in [0.2, 0.25) is 0 Å². The molecule has 0 aromatic carbocycles. The van der Waals surface area contributed by atoms with E-state index in [2.05, 4.69) is 10.4 Å². The van der Waals surface area contributed by atoms with Gasteiger partial charge in [-0.15, -0.1) is 0 Å². The molecule has 0 aliphatic carbocycles. The largest absolute Gasteiger partial charge is 0.461 e. The molecular formula is C15H15N3O3. The first-order chi connectivity index (χ1) is 10.1. The Morgan fingerprint density at radius 1 is 1.24 bits per heavy atom. The minimum Gasteiger partial charge on any atom is -0.461 e. The summed E-state index contributed by atoms with van der Waals surface area (Å²) in [6, 6.07) is 6.86. The molecule has 3 heterocycles. The first kappa shape index (κ1) is 13.2. The number of rotatable bonds is 3. The Morgan fingerprint density at radius 3 is 2.67 bits per heavy atom. The first-order valence-corrected chi connectivity index (χ1v) is 6.51. The van der Waals surface area contributed by atoms with Crippen molar-refractivity contribution >= 4 is 11.6 Å². The molecule has 0 spiro atoms. The van der Waals surface area contributed by atoms with Gasteiger partial charge < -0.3 is 14.2 Å². The van der Waals surface area contributed by atoms with Gasteiger partial charge in [0.15, 0.2) is 17.3 Å². The van der Waals surface area contributed by atoms with Crippen LogP contribution in [0.1, 0.15) is 21.9 Å². The van der Waals surface area contributed by atoms with Crippen molar-refractivity contribution in [1.29, 1.82) is 0 Å². The Bertz CT molecular complexity index is 781. The number of furan rings is 2. The Labute approximate surface area is 121 Å². The quantitative estimate of drug-likeness (QED) is 0.802. The van der Waals surface area contributed by atoms with Crippen molar-refractivity contribution in [2.24, 2.45) is 7.05 Å². The van der Waals surface area contributed by atoms with E-state index in [9.17, 15) is 4.79 Å². The average molecular weight is 285 g/mol. The van der Waals surface area contributed by atoms with Gasteiger partial charge in [-0.25, -0.2) is 0 Å². The molecule has 3 aromatic heterocycles. The Kier molecular flexibility index (Phi) is 3.13. The SMILES string of the molecule is Cc1nn(C)c(C)c1NC(=O)c1ccc(-c2ccco2)o1. The summed E-state index contributed by atoms with van der Waals surface area (Å²) < 4.78 is 12.5. The van der Waals surface area contributed by atoms with Gasteiger partial charge in [0.05, 0.1) is 23.3 Å². The number of nitrogens with zero attached hydrogens (tertiary/aromatic N) is 2. The molecule has 108 valence electrons. The number of aryl methyl sites for hydroxylation is 2. The lowest BCUT2D eigenvalue weighted by atomic mass is 10.3. The molecule has 1 N–H and O–H groups in total. The van der Waals surface area contributed by atoms with Gasteiger partial charge in [0.2, 0.25) is 0 Å². The van der Waals surface area contributed by atoms with Gasteiger partial charge in [-0.05, 0) is 38.1 Å². The molecule has 0 unspecified atom stereocenters. The lowest BCUT2D eigenvalue weighted by Crippen LogP contribution is -2.12. The van der Waals surface area contributed by atoms with Crippen molar-refractivity contribution in [2.45, 2.75) is 13.8 Å². The van der Waals surface area contributed by atoms with Crippen LogP contribution >= 0.6 is 0 Å². The van der Waals surface area contributed by atoms with E-state index in [1.54, 1.807) is 35.2 Å². The highest BCUT2D eigenvalue weighted by molar-refractivity contribution is 6.03. The smallest absolute Gasteiger partial charge is 0.291 e. The number of carbonyl (C=O) groups is 1. The van der Waals surface area contributed by atoms with Crippen molar-refractivity contribution < 1.29 is 13.6 Å². The number of aromatic nitrogens is 2. The van der Waals surface area contributed by atoms with E-state index >= 15 is 0 Å². The maximum absolute atomic E-state index is 12.2. The summed E-state index contributed by atoms with van der Waals surface area (Å²) in [7, 11) is 1.83. The molecule has 0 aliphatic heterocycles. The Morgan fingerprint density at radius 2 is 2.05 bits per heavy atom. The van der Waals surface area contributed by atoms with Crippen LogP contribution < -0.4 is 5.32 Å². The normalized spacial score (nSPS) is 10.8. The van der Waals surface area contributed by atoms with Crippen LogP contribution in [0.4, 0.5) is 5.69 Å². The summed E-state index contributed by atoms with van der Waals surface area (Å²) in [5.74, 6) is 1.02. The second-order valence-corrected chi connectivity index (χ2v) is 4.76. The minimum atomic E-state index is -0.313. The highest BCUT2D eigenvalue weighted by atomic mass is 16.4. The van der Waals surface area contributed by atoms with Crippen molar-refractivity contribution in [1.82, 2.24) is 9.78 Å². The molecule has 0 bridgehead atoms. The van der Waals surface area contributed by atoms with E-state index in [1.807, 2.05) is 20.9 Å². The van der Waals surface area contributed by atoms with E-state index in [4.69, 9.17) is 8.83 Å². The van der Waals surface area contributed by atoms with Crippen molar-refractivity contribution in [3.63, 3.8) is 0 Å². The third kappa shape index (κ3) is 2.35. The van der Waals surface area contributed by atoms with E-state index in [0.29, 0.717) is 17.2 Å². The second-order valence-electron chi connectivity index (χ2n) is 4.76. The number of hydrogen-bond acceptors (Lipinski definition) is 4. The zero-order chi connectivity index (χ0) is 15.0. The van der Waals surface area contributed by atoms with Crippen LogP contribution in [0.5, 0.6) is 0 Å². The number of amides is 1. The highest BCUT2D eigenvalue weighted by Crippen LogP contribution is 2.24. The fourth-order valence-electron chi connectivity index (χ4n) is 2.14. The third-order valence-corrected chi connectivity index (χ3v) is 3.34. The molecule has 0 saturated carbocycles.